The summed E-state index contributed by atoms with van der Waals surface area (Å²) < 4.78 is 22.3. The molecule has 2 aliphatic heterocycles. The van der Waals surface area contributed by atoms with Gasteiger partial charge >= 0.3 is 6.09 Å². The Morgan fingerprint density at radius 2 is 2.00 bits per heavy atom. The number of aryl methyl sites for hydroxylation is 1. The molecule has 3 aromatic rings. The highest BCUT2D eigenvalue weighted by Crippen LogP contribution is 2.33. The number of ether oxygens (including phenoxy) is 1. The van der Waals surface area contributed by atoms with Crippen LogP contribution < -0.4 is 9.80 Å². The number of hydrogen-bond donors (Lipinski definition) is 0. The Labute approximate surface area is 174 Å². The molecule has 1 atom stereocenters. The van der Waals surface area contributed by atoms with Crippen molar-refractivity contribution in [3.8, 4) is 11.1 Å². The molecule has 1 fully saturated rings. The monoisotopic (exact) mass is 406 g/mol. The van der Waals surface area contributed by atoms with Crippen LogP contribution in [0.4, 0.5) is 20.8 Å². The minimum absolute atomic E-state index is 0.140. The van der Waals surface area contributed by atoms with Crippen LogP contribution in [0.25, 0.3) is 11.1 Å². The van der Waals surface area contributed by atoms with Crippen molar-refractivity contribution in [3.63, 3.8) is 0 Å². The van der Waals surface area contributed by atoms with E-state index in [4.69, 9.17) is 4.74 Å². The zero-order chi connectivity index (χ0) is 20.8. The van der Waals surface area contributed by atoms with E-state index >= 15 is 0 Å². The van der Waals surface area contributed by atoms with Gasteiger partial charge in [0.15, 0.2) is 0 Å². The summed E-state index contributed by atoms with van der Waals surface area (Å²) in [5.41, 5.74) is 4.28. The van der Waals surface area contributed by atoms with Gasteiger partial charge in [-0.3, -0.25) is 4.90 Å². The highest BCUT2D eigenvalue weighted by Gasteiger charge is 2.31. The number of rotatable bonds is 4. The molecule has 1 saturated heterocycles. The lowest BCUT2D eigenvalue weighted by molar-refractivity contribution is 0.139. The quantitative estimate of drug-likeness (QED) is 0.641. The van der Waals surface area contributed by atoms with E-state index in [1.807, 2.05) is 36.9 Å². The Morgan fingerprint density at radius 3 is 2.70 bits per heavy atom. The summed E-state index contributed by atoms with van der Waals surface area (Å²) in [5.74, 6) is 0.574. The third-order valence-electron chi connectivity index (χ3n) is 5.91. The average molecular weight is 406 g/mol. The lowest BCUT2D eigenvalue weighted by atomic mass is 10.00. The summed E-state index contributed by atoms with van der Waals surface area (Å²) in [6, 6.07) is 11.0. The van der Waals surface area contributed by atoms with Gasteiger partial charge in [0.1, 0.15) is 11.9 Å². The first kappa shape index (κ1) is 18.7. The molecule has 0 unspecified atom stereocenters. The number of benzene rings is 2. The first-order valence-electron chi connectivity index (χ1n) is 10.2. The Kier molecular flexibility index (Phi) is 4.46. The Morgan fingerprint density at radius 1 is 1.17 bits per heavy atom. The van der Waals surface area contributed by atoms with Gasteiger partial charge in [-0.15, -0.1) is 0 Å². The Hall–Kier alpha value is -3.35. The molecule has 7 heteroatoms. The van der Waals surface area contributed by atoms with Gasteiger partial charge in [-0.25, -0.2) is 14.2 Å². The van der Waals surface area contributed by atoms with Crippen molar-refractivity contribution in [2.75, 3.05) is 16.3 Å². The second kappa shape index (κ2) is 7.16. The summed E-state index contributed by atoms with van der Waals surface area (Å²) >= 11 is 0. The van der Waals surface area contributed by atoms with Gasteiger partial charge in [0, 0.05) is 38.1 Å². The molecule has 0 radical (unpaired) electrons. The highest BCUT2D eigenvalue weighted by molar-refractivity contribution is 5.90. The summed E-state index contributed by atoms with van der Waals surface area (Å²) in [5, 5.41) is 0. The molecule has 5 rings (SSSR count). The number of fused-ring (bicyclic) bond motifs is 1. The molecule has 3 heterocycles. The molecular formula is C23H23FN4O2. The van der Waals surface area contributed by atoms with Crippen LogP contribution in [0.15, 0.2) is 48.8 Å². The normalized spacial score (nSPS) is 18.1. The highest BCUT2D eigenvalue weighted by atomic mass is 19.1. The van der Waals surface area contributed by atoms with E-state index < -0.39 is 6.09 Å². The number of hydrogen-bond acceptors (Lipinski definition) is 4. The van der Waals surface area contributed by atoms with Crippen molar-refractivity contribution in [1.82, 2.24) is 9.55 Å². The lowest BCUT2D eigenvalue weighted by Crippen LogP contribution is -2.24. The predicted octanol–water partition coefficient (Wildman–Crippen LogP) is 4.48. The van der Waals surface area contributed by atoms with Crippen LogP contribution in [-0.4, -0.2) is 28.3 Å². The van der Waals surface area contributed by atoms with Gasteiger partial charge < -0.3 is 14.2 Å². The topological polar surface area (TPSA) is 50.6 Å². The smallest absolute Gasteiger partial charge is 0.414 e. The standard InChI is InChI=1S/C23H23FN4O2/c1-3-19-14-28(23(29)30-19)18-6-7-20(21(24)11-18)15-4-5-16-12-27(13-17(16)10-15)22-25-8-9-26(22)2/h4-11,19H,3,12-14H2,1-2H3/t19-/m0/s1. The molecule has 0 saturated carbocycles. The van der Waals surface area contributed by atoms with Crippen molar-refractivity contribution in [2.24, 2.45) is 7.05 Å². The molecule has 1 aromatic heterocycles. The van der Waals surface area contributed by atoms with Crippen LogP contribution in [-0.2, 0) is 24.9 Å². The molecule has 1 amide bonds. The van der Waals surface area contributed by atoms with E-state index in [9.17, 15) is 9.18 Å². The molecule has 0 N–H and O–H groups in total. The lowest BCUT2D eigenvalue weighted by Gasteiger charge is -2.16. The number of amides is 1. The predicted molar refractivity (Wildman–Crippen MR) is 113 cm³/mol. The van der Waals surface area contributed by atoms with Crippen LogP contribution in [0.1, 0.15) is 24.5 Å². The first-order chi connectivity index (χ1) is 14.5. The van der Waals surface area contributed by atoms with Gasteiger partial charge in [-0.1, -0.05) is 19.1 Å². The van der Waals surface area contributed by atoms with Gasteiger partial charge in [-0.2, -0.15) is 0 Å². The van der Waals surface area contributed by atoms with Gasteiger partial charge in [-0.05, 0) is 47.4 Å². The third-order valence-corrected chi connectivity index (χ3v) is 5.91. The molecule has 154 valence electrons. The number of cyclic esters (lactones) is 1. The largest absolute Gasteiger partial charge is 0.444 e. The fraction of sp³-hybridized carbons (Fsp3) is 0.304. The Bertz CT molecular complexity index is 1130. The van der Waals surface area contributed by atoms with Crippen LogP contribution in [0.5, 0.6) is 0 Å². The number of anilines is 2. The van der Waals surface area contributed by atoms with E-state index in [1.165, 1.54) is 22.1 Å². The zero-order valence-electron chi connectivity index (χ0n) is 17.0. The maximum atomic E-state index is 15.0. The van der Waals surface area contributed by atoms with Crippen molar-refractivity contribution < 1.29 is 13.9 Å². The van der Waals surface area contributed by atoms with Crippen LogP contribution in [0.3, 0.4) is 0 Å². The second-order valence-corrected chi connectivity index (χ2v) is 7.87. The molecule has 30 heavy (non-hydrogen) atoms. The number of halogens is 1. The third kappa shape index (κ3) is 3.10. The van der Waals surface area contributed by atoms with Crippen LogP contribution in [0, 0.1) is 5.82 Å². The van der Waals surface area contributed by atoms with E-state index in [-0.39, 0.29) is 11.9 Å². The number of carbonyl (C=O) groups is 1. The maximum Gasteiger partial charge on any atom is 0.414 e. The van der Waals surface area contributed by atoms with Gasteiger partial charge in [0.25, 0.3) is 0 Å². The zero-order valence-corrected chi connectivity index (χ0v) is 17.0. The van der Waals surface area contributed by atoms with E-state index in [0.29, 0.717) is 17.8 Å². The van der Waals surface area contributed by atoms with E-state index in [0.717, 1.165) is 31.0 Å². The van der Waals surface area contributed by atoms with Crippen LogP contribution >= 0.6 is 0 Å². The molecular weight excluding hydrogens is 383 g/mol. The molecule has 6 nitrogen and oxygen atoms in total. The van der Waals surface area contributed by atoms with Gasteiger partial charge in [0.2, 0.25) is 5.95 Å². The van der Waals surface area contributed by atoms with Crippen molar-refractivity contribution in [1.29, 1.82) is 0 Å². The molecule has 2 aromatic carbocycles. The van der Waals surface area contributed by atoms with E-state index in [1.54, 1.807) is 18.3 Å². The number of aromatic nitrogens is 2. The van der Waals surface area contributed by atoms with Gasteiger partial charge in [0.05, 0.1) is 12.2 Å². The molecule has 0 aliphatic carbocycles. The molecule has 0 bridgehead atoms. The minimum atomic E-state index is -0.416. The van der Waals surface area contributed by atoms with Crippen molar-refractivity contribution in [3.05, 3.63) is 65.7 Å². The number of carbonyl (C=O) groups excluding carboxylic acids is 1. The van der Waals surface area contributed by atoms with Crippen molar-refractivity contribution >= 4 is 17.7 Å². The fourth-order valence-electron chi connectivity index (χ4n) is 4.22. The second-order valence-electron chi connectivity index (χ2n) is 7.87. The van der Waals surface area contributed by atoms with E-state index in [2.05, 4.69) is 16.0 Å². The summed E-state index contributed by atoms with van der Waals surface area (Å²) in [6.45, 7) is 3.95. The summed E-state index contributed by atoms with van der Waals surface area (Å²) in [4.78, 5) is 20.2. The van der Waals surface area contributed by atoms with Crippen molar-refractivity contribution in [2.45, 2.75) is 32.5 Å². The first-order valence-corrected chi connectivity index (χ1v) is 10.2. The fourth-order valence-corrected chi connectivity index (χ4v) is 4.22. The molecule has 0 spiro atoms. The SMILES string of the molecule is CC[C@H]1CN(c2ccc(-c3ccc4c(c3)CN(c3nccn3C)C4)c(F)c2)C(=O)O1. The summed E-state index contributed by atoms with van der Waals surface area (Å²) in [7, 11) is 1.98. The Balaban J connectivity index is 1.40. The molecule has 2 aliphatic rings. The number of imidazole rings is 1. The maximum absolute atomic E-state index is 15.0. The van der Waals surface area contributed by atoms with Crippen LogP contribution in [0.2, 0.25) is 0 Å². The minimum Gasteiger partial charge on any atom is -0.444 e. The number of nitrogens with zero attached hydrogens (tertiary/aromatic N) is 4. The summed E-state index contributed by atoms with van der Waals surface area (Å²) in [6.07, 6.45) is 3.91. The average Bonchev–Trinajstić information content (AvgIpc) is 3.44.